The number of hydrogen-bond donors (Lipinski definition) is 1. The molecule has 0 heterocycles. The zero-order chi connectivity index (χ0) is 21.7. The number of nitrogens with one attached hydrogen (secondary N) is 1. The molecule has 1 aliphatic rings. The lowest BCUT2D eigenvalue weighted by molar-refractivity contribution is -0.144. The zero-order valence-electron chi connectivity index (χ0n) is 17.5. The second kappa shape index (κ2) is 10.5. The zero-order valence-corrected chi connectivity index (χ0v) is 18.3. The van der Waals surface area contributed by atoms with Crippen LogP contribution in [0.25, 0.3) is 0 Å². The summed E-state index contributed by atoms with van der Waals surface area (Å²) in [7, 11) is 5.81. The Morgan fingerprint density at radius 2 is 2.00 bits per heavy atom. The molecule has 30 heavy (non-hydrogen) atoms. The van der Waals surface area contributed by atoms with Gasteiger partial charge >= 0.3 is 5.97 Å². The highest BCUT2D eigenvalue weighted by molar-refractivity contribution is 6.32. The van der Waals surface area contributed by atoms with Crippen LogP contribution in [0.2, 0.25) is 5.02 Å². The lowest BCUT2D eigenvalue weighted by atomic mass is 9.70. The molecule has 2 radical (unpaired) electrons. The van der Waals surface area contributed by atoms with Crippen molar-refractivity contribution in [2.24, 2.45) is 5.92 Å². The SMILES string of the molecule is [B]c1ccc([C@H](C)NC2CCCC(CC(=O)OCC)C2c2ccc(Cl)c(F)c2)cc1. The maximum Gasteiger partial charge on any atom is 0.306 e. The van der Waals surface area contributed by atoms with E-state index in [1.54, 1.807) is 6.07 Å². The van der Waals surface area contributed by atoms with E-state index in [2.05, 4.69) is 12.2 Å². The molecule has 3 unspecified atom stereocenters. The summed E-state index contributed by atoms with van der Waals surface area (Å²) >= 11 is 5.92. The molecule has 3 nitrogen and oxygen atoms in total. The fraction of sp³-hybridized carbons (Fsp3) is 0.458. The number of halogens is 2. The van der Waals surface area contributed by atoms with Gasteiger partial charge in [0.15, 0.2) is 0 Å². The smallest absolute Gasteiger partial charge is 0.306 e. The fourth-order valence-electron chi connectivity index (χ4n) is 4.56. The predicted octanol–water partition coefficient (Wildman–Crippen LogP) is 4.83. The van der Waals surface area contributed by atoms with Crippen LogP contribution in [0.3, 0.4) is 0 Å². The van der Waals surface area contributed by atoms with Crippen molar-refractivity contribution in [3.8, 4) is 0 Å². The molecular weight excluding hydrogens is 400 g/mol. The van der Waals surface area contributed by atoms with Gasteiger partial charge in [-0.2, -0.15) is 0 Å². The predicted molar refractivity (Wildman–Crippen MR) is 120 cm³/mol. The lowest BCUT2D eigenvalue weighted by Gasteiger charge is -2.40. The van der Waals surface area contributed by atoms with E-state index in [-0.39, 0.29) is 34.9 Å². The molecule has 1 saturated carbocycles. The highest BCUT2D eigenvalue weighted by Gasteiger charge is 2.36. The van der Waals surface area contributed by atoms with Crippen LogP contribution in [0, 0.1) is 11.7 Å². The van der Waals surface area contributed by atoms with Crippen molar-refractivity contribution in [3.05, 3.63) is 64.4 Å². The van der Waals surface area contributed by atoms with E-state index in [1.807, 2.05) is 37.3 Å². The second-order valence-corrected chi connectivity index (χ2v) is 8.47. The molecule has 0 spiro atoms. The number of carbonyl (C=O) groups excluding carboxylic acids is 1. The number of hydrogen-bond acceptors (Lipinski definition) is 3. The van der Waals surface area contributed by atoms with Gasteiger partial charge in [-0.25, -0.2) is 4.39 Å². The van der Waals surface area contributed by atoms with Gasteiger partial charge in [-0.05, 0) is 55.9 Å². The van der Waals surface area contributed by atoms with E-state index in [4.69, 9.17) is 24.2 Å². The minimum absolute atomic E-state index is 0.00819. The summed E-state index contributed by atoms with van der Waals surface area (Å²) in [6.45, 7) is 4.28. The third kappa shape index (κ3) is 5.64. The molecular formula is C24H28BClFNO2. The molecule has 0 bridgehead atoms. The Labute approximate surface area is 184 Å². The molecule has 3 rings (SSSR count). The molecule has 0 aromatic heterocycles. The van der Waals surface area contributed by atoms with Gasteiger partial charge in [0.25, 0.3) is 0 Å². The van der Waals surface area contributed by atoms with Crippen LogP contribution in [-0.2, 0) is 9.53 Å². The summed E-state index contributed by atoms with van der Waals surface area (Å²) in [5, 5.41) is 3.83. The molecule has 1 N–H and O–H groups in total. The van der Waals surface area contributed by atoms with Crippen molar-refractivity contribution < 1.29 is 13.9 Å². The number of esters is 1. The number of benzene rings is 2. The highest BCUT2D eigenvalue weighted by atomic mass is 35.5. The minimum Gasteiger partial charge on any atom is -0.466 e. The number of ether oxygens (including phenoxy) is 1. The Morgan fingerprint density at radius 1 is 1.27 bits per heavy atom. The van der Waals surface area contributed by atoms with Crippen LogP contribution in [0.15, 0.2) is 42.5 Å². The Kier molecular flexibility index (Phi) is 7.96. The summed E-state index contributed by atoms with van der Waals surface area (Å²) in [5.41, 5.74) is 2.73. The molecule has 6 heteroatoms. The molecule has 158 valence electrons. The number of carbonyl (C=O) groups is 1. The van der Waals surface area contributed by atoms with Crippen molar-refractivity contribution in [1.82, 2.24) is 5.32 Å². The third-order valence-electron chi connectivity index (χ3n) is 5.99. The lowest BCUT2D eigenvalue weighted by Crippen LogP contribution is -2.43. The minimum atomic E-state index is -0.431. The molecule has 2 aromatic rings. The maximum absolute atomic E-state index is 14.3. The third-order valence-corrected chi connectivity index (χ3v) is 6.30. The van der Waals surface area contributed by atoms with Crippen molar-refractivity contribution in [1.29, 1.82) is 0 Å². The van der Waals surface area contributed by atoms with Crippen LogP contribution >= 0.6 is 11.6 Å². The van der Waals surface area contributed by atoms with Crippen molar-refractivity contribution >= 4 is 30.9 Å². The Morgan fingerprint density at radius 3 is 2.67 bits per heavy atom. The Hall–Kier alpha value is -1.85. The number of rotatable bonds is 7. The van der Waals surface area contributed by atoms with E-state index >= 15 is 0 Å². The Bertz CT molecular complexity index is 861. The largest absolute Gasteiger partial charge is 0.466 e. The fourth-order valence-corrected chi connectivity index (χ4v) is 4.68. The molecule has 2 aromatic carbocycles. The summed E-state index contributed by atoms with van der Waals surface area (Å²) < 4.78 is 19.5. The molecule has 0 saturated heterocycles. The topological polar surface area (TPSA) is 38.3 Å². The van der Waals surface area contributed by atoms with Crippen LogP contribution in [-0.4, -0.2) is 26.5 Å². The van der Waals surface area contributed by atoms with Gasteiger partial charge < -0.3 is 10.1 Å². The van der Waals surface area contributed by atoms with E-state index in [0.717, 1.165) is 35.9 Å². The molecule has 4 atom stereocenters. The van der Waals surface area contributed by atoms with Crippen LogP contribution in [0.5, 0.6) is 0 Å². The molecule has 1 aliphatic carbocycles. The van der Waals surface area contributed by atoms with Crippen LogP contribution in [0.4, 0.5) is 4.39 Å². The maximum atomic E-state index is 14.3. The quantitative estimate of drug-likeness (QED) is 0.508. The van der Waals surface area contributed by atoms with Gasteiger partial charge in [-0.15, -0.1) is 0 Å². The molecule has 0 aliphatic heterocycles. The summed E-state index contributed by atoms with van der Waals surface area (Å²) in [5.74, 6) is -0.560. The average Bonchev–Trinajstić information content (AvgIpc) is 2.71. The summed E-state index contributed by atoms with van der Waals surface area (Å²) in [6.07, 6.45) is 3.19. The van der Waals surface area contributed by atoms with Crippen molar-refractivity contribution in [2.45, 2.75) is 57.5 Å². The van der Waals surface area contributed by atoms with Gasteiger partial charge in [0.1, 0.15) is 13.7 Å². The van der Waals surface area contributed by atoms with E-state index < -0.39 is 5.82 Å². The van der Waals surface area contributed by atoms with Crippen LogP contribution in [0.1, 0.15) is 62.6 Å². The van der Waals surface area contributed by atoms with Crippen LogP contribution < -0.4 is 10.8 Å². The van der Waals surface area contributed by atoms with Gasteiger partial charge in [0.05, 0.1) is 11.6 Å². The van der Waals surface area contributed by atoms with Gasteiger partial charge in [-0.1, -0.05) is 53.8 Å². The standard InChI is InChI=1S/C24H28BClFNO2/c1-3-30-23(29)14-17-5-4-6-22(24(17)18-9-12-20(26)21(27)13-18)28-15(2)16-7-10-19(25)11-8-16/h7-13,15,17,22,24,28H,3-6,14H2,1-2H3/t15-,17?,22?,24?/m0/s1. The first-order valence-electron chi connectivity index (χ1n) is 10.6. The van der Waals surface area contributed by atoms with Gasteiger partial charge in [0, 0.05) is 24.4 Å². The summed E-state index contributed by atoms with van der Waals surface area (Å²) in [6, 6.07) is 13.0. The van der Waals surface area contributed by atoms with Gasteiger partial charge in [-0.3, -0.25) is 4.79 Å². The second-order valence-electron chi connectivity index (χ2n) is 8.06. The first-order valence-corrected chi connectivity index (χ1v) is 11.0. The van der Waals surface area contributed by atoms with Crippen molar-refractivity contribution in [2.75, 3.05) is 6.61 Å². The molecule has 0 amide bonds. The van der Waals surface area contributed by atoms with E-state index in [9.17, 15) is 9.18 Å². The Balaban J connectivity index is 1.87. The monoisotopic (exact) mass is 427 g/mol. The molecule has 1 fully saturated rings. The first-order chi connectivity index (χ1) is 14.4. The van der Waals surface area contributed by atoms with Gasteiger partial charge in [0.2, 0.25) is 0 Å². The van der Waals surface area contributed by atoms with E-state index in [0.29, 0.717) is 13.0 Å². The van der Waals surface area contributed by atoms with E-state index in [1.165, 1.54) is 6.07 Å². The highest BCUT2D eigenvalue weighted by Crippen LogP contribution is 2.41. The average molecular weight is 428 g/mol. The van der Waals surface area contributed by atoms with Crippen molar-refractivity contribution in [3.63, 3.8) is 0 Å². The first kappa shape index (κ1) is 22.8. The summed E-state index contributed by atoms with van der Waals surface area (Å²) in [4.78, 5) is 12.2. The normalized spacial score (nSPS) is 22.5.